The summed E-state index contributed by atoms with van der Waals surface area (Å²) < 4.78 is 0. The molecule has 0 bridgehead atoms. The van der Waals surface area contributed by atoms with E-state index in [1.165, 1.54) is 6.33 Å². The van der Waals surface area contributed by atoms with E-state index in [2.05, 4.69) is 20.6 Å². The van der Waals surface area contributed by atoms with Crippen LogP contribution in [0.3, 0.4) is 0 Å². The van der Waals surface area contributed by atoms with Crippen LogP contribution in [0.5, 0.6) is 0 Å². The Bertz CT molecular complexity index is 462. The monoisotopic (exact) mass is 280 g/mol. The van der Waals surface area contributed by atoms with Gasteiger partial charge < -0.3 is 20.7 Å². The van der Waals surface area contributed by atoms with E-state index in [1.54, 1.807) is 6.20 Å². The van der Waals surface area contributed by atoms with Crippen LogP contribution in [0, 0.1) is 0 Å². The van der Waals surface area contributed by atoms with Crippen LogP contribution in [-0.4, -0.2) is 38.7 Å². The van der Waals surface area contributed by atoms with E-state index < -0.39 is 18.0 Å². The Morgan fingerprint density at radius 1 is 1.55 bits per heavy atom. The molecule has 0 radical (unpaired) electrons. The molecule has 7 nitrogen and oxygen atoms in total. The van der Waals surface area contributed by atoms with Gasteiger partial charge in [-0.1, -0.05) is 6.92 Å². The highest BCUT2D eigenvalue weighted by Crippen LogP contribution is 2.34. The number of amides is 2. The van der Waals surface area contributed by atoms with Crippen molar-refractivity contribution in [3.63, 3.8) is 0 Å². The molecule has 0 unspecified atom stereocenters. The number of hydrogen-bond donors (Lipinski definition) is 4. The van der Waals surface area contributed by atoms with Crippen LogP contribution in [0.15, 0.2) is 12.5 Å². The quantitative estimate of drug-likeness (QED) is 0.624. The lowest BCUT2D eigenvalue weighted by Crippen LogP contribution is -2.58. The smallest absolute Gasteiger partial charge is 0.326 e. The molecule has 0 spiro atoms. The second-order valence-corrected chi connectivity index (χ2v) is 5.26. The normalized spacial score (nSPS) is 17.9. The second kappa shape index (κ2) is 5.94. The first-order valence-corrected chi connectivity index (χ1v) is 6.83. The molecule has 1 fully saturated rings. The molecule has 0 saturated heterocycles. The van der Waals surface area contributed by atoms with Gasteiger partial charge in [-0.05, 0) is 25.7 Å². The van der Waals surface area contributed by atoms with E-state index in [-0.39, 0.29) is 12.0 Å². The van der Waals surface area contributed by atoms with E-state index in [0.717, 1.165) is 25.7 Å². The number of imidazole rings is 1. The molecule has 1 aliphatic rings. The molecule has 2 rings (SSSR count). The number of urea groups is 1. The number of aliphatic carboxylic acids is 1. The zero-order chi connectivity index (χ0) is 14.6. The lowest BCUT2D eigenvalue weighted by molar-refractivity contribution is -0.139. The number of H-pyrrole nitrogens is 1. The third kappa shape index (κ3) is 3.28. The second-order valence-electron chi connectivity index (χ2n) is 5.26. The van der Waals surface area contributed by atoms with Crippen molar-refractivity contribution in [2.45, 2.75) is 50.6 Å². The van der Waals surface area contributed by atoms with Crippen molar-refractivity contribution in [3.8, 4) is 0 Å². The average molecular weight is 280 g/mol. The SMILES string of the molecule is CCC1(NC(=O)N[C@H](Cc2cnc[nH]2)C(=O)O)CCC1. The molecule has 7 heteroatoms. The predicted molar refractivity (Wildman–Crippen MR) is 72.3 cm³/mol. The van der Waals surface area contributed by atoms with Crippen LogP contribution in [-0.2, 0) is 11.2 Å². The first-order chi connectivity index (χ1) is 9.54. The summed E-state index contributed by atoms with van der Waals surface area (Å²) in [6.07, 6.45) is 7.08. The largest absolute Gasteiger partial charge is 0.480 e. The van der Waals surface area contributed by atoms with E-state index in [1.807, 2.05) is 6.92 Å². The van der Waals surface area contributed by atoms with Gasteiger partial charge in [0.05, 0.1) is 6.33 Å². The Morgan fingerprint density at radius 3 is 2.75 bits per heavy atom. The third-order valence-corrected chi connectivity index (χ3v) is 3.95. The molecule has 110 valence electrons. The number of carbonyl (C=O) groups is 2. The predicted octanol–water partition coefficient (Wildman–Crippen LogP) is 1.04. The average Bonchev–Trinajstić information content (AvgIpc) is 2.86. The summed E-state index contributed by atoms with van der Waals surface area (Å²) in [5, 5.41) is 14.6. The number of nitrogens with zero attached hydrogens (tertiary/aromatic N) is 1. The molecule has 2 amide bonds. The van der Waals surface area contributed by atoms with Gasteiger partial charge in [-0.25, -0.2) is 14.6 Å². The van der Waals surface area contributed by atoms with Gasteiger partial charge >= 0.3 is 12.0 Å². The highest BCUT2D eigenvalue weighted by molar-refractivity contribution is 5.83. The van der Waals surface area contributed by atoms with Crippen molar-refractivity contribution in [2.24, 2.45) is 0 Å². The van der Waals surface area contributed by atoms with Crippen molar-refractivity contribution in [2.75, 3.05) is 0 Å². The summed E-state index contributed by atoms with van der Waals surface area (Å²) in [6.45, 7) is 2.03. The molecule has 1 saturated carbocycles. The molecular weight excluding hydrogens is 260 g/mol. The molecule has 0 aromatic carbocycles. The lowest BCUT2D eigenvalue weighted by Gasteiger charge is -2.42. The Labute approximate surface area is 117 Å². The van der Waals surface area contributed by atoms with Crippen LogP contribution >= 0.6 is 0 Å². The Hall–Kier alpha value is -2.05. The lowest BCUT2D eigenvalue weighted by atomic mass is 9.75. The summed E-state index contributed by atoms with van der Waals surface area (Å²) in [7, 11) is 0. The summed E-state index contributed by atoms with van der Waals surface area (Å²) in [4.78, 5) is 29.8. The zero-order valence-corrected chi connectivity index (χ0v) is 11.5. The summed E-state index contributed by atoms with van der Waals surface area (Å²) in [5.74, 6) is -1.06. The topological polar surface area (TPSA) is 107 Å². The number of aromatic nitrogens is 2. The summed E-state index contributed by atoms with van der Waals surface area (Å²) in [6, 6.07) is -1.39. The first kappa shape index (κ1) is 14.4. The van der Waals surface area contributed by atoms with E-state index in [4.69, 9.17) is 0 Å². The molecule has 20 heavy (non-hydrogen) atoms. The third-order valence-electron chi connectivity index (χ3n) is 3.95. The van der Waals surface area contributed by atoms with Gasteiger partial charge in [0, 0.05) is 23.9 Å². The number of nitrogens with one attached hydrogen (secondary N) is 3. The first-order valence-electron chi connectivity index (χ1n) is 6.83. The molecule has 1 heterocycles. The maximum Gasteiger partial charge on any atom is 0.326 e. The Kier molecular flexibility index (Phi) is 4.26. The molecule has 0 aliphatic heterocycles. The Morgan fingerprint density at radius 2 is 2.30 bits per heavy atom. The highest BCUT2D eigenvalue weighted by Gasteiger charge is 2.37. The number of carboxylic acid groups (broad SMARTS) is 1. The van der Waals surface area contributed by atoms with Crippen molar-refractivity contribution in [3.05, 3.63) is 18.2 Å². The van der Waals surface area contributed by atoms with Crippen molar-refractivity contribution in [1.29, 1.82) is 0 Å². The fraction of sp³-hybridized carbons (Fsp3) is 0.615. The minimum Gasteiger partial charge on any atom is -0.480 e. The summed E-state index contributed by atoms with van der Waals surface area (Å²) in [5.41, 5.74) is 0.521. The minimum atomic E-state index is -1.06. The maximum atomic E-state index is 11.9. The van der Waals surface area contributed by atoms with Gasteiger partial charge in [0.25, 0.3) is 0 Å². The van der Waals surface area contributed by atoms with E-state index in [0.29, 0.717) is 5.69 Å². The number of hydrogen-bond acceptors (Lipinski definition) is 3. The number of rotatable bonds is 6. The van der Waals surface area contributed by atoms with Crippen LogP contribution in [0.25, 0.3) is 0 Å². The number of carboxylic acids is 1. The van der Waals surface area contributed by atoms with Crippen molar-refractivity contribution in [1.82, 2.24) is 20.6 Å². The fourth-order valence-corrected chi connectivity index (χ4v) is 2.42. The summed E-state index contributed by atoms with van der Waals surface area (Å²) >= 11 is 0. The molecule has 1 aromatic rings. The van der Waals surface area contributed by atoms with Crippen LogP contribution in [0.4, 0.5) is 4.79 Å². The maximum absolute atomic E-state index is 11.9. The van der Waals surface area contributed by atoms with Gasteiger partial charge in [0.2, 0.25) is 0 Å². The zero-order valence-electron chi connectivity index (χ0n) is 11.5. The van der Waals surface area contributed by atoms with Crippen molar-refractivity contribution >= 4 is 12.0 Å². The Balaban J connectivity index is 1.90. The molecular formula is C13H20N4O3. The van der Waals surface area contributed by atoms with Gasteiger partial charge in [-0.3, -0.25) is 0 Å². The van der Waals surface area contributed by atoms with Crippen molar-refractivity contribution < 1.29 is 14.7 Å². The highest BCUT2D eigenvalue weighted by atomic mass is 16.4. The van der Waals surface area contributed by atoms with Gasteiger partial charge in [0.1, 0.15) is 6.04 Å². The van der Waals surface area contributed by atoms with Crippen LogP contribution in [0.2, 0.25) is 0 Å². The minimum absolute atomic E-state index is 0.152. The molecule has 4 N–H and O–H groups in total. The molecule has 1 atom stereocenters. The van der Waals surface area contributed by atoms with Gasteiger partial charge in [-0.15, -0.1) is 0 Å². The van der Waals surface area contributed by atoms with E-state index >= 15 is 0 Å². The van der Waals surface area contributed by atoms with Gasteiger partial charge in [-0.2, -0.15) is 0 Å². The van der Waals surface area contributed by atoms with E-state index in [9.17, 15) is 14.7 Å². The fourth-order valence-electron chi connectivity index (χ4n) is 2.42. The molecule has 1 aliphatic carbocycles. The molecule has 1 aromatic heterocycles. The number of aromatic amines is 1. The standard InChI is InChI=1S/C13H20N4O3/c1-2-13(4-3-5-13)17-12(20)16-10(11(18)19)6-9-7-14-8-15-9/h7-8,10H,2-6H2,1H3,(H,14,15)(H,18,19)(H2,16,17,20)/t10-/m1/s1. The van der Waals surface area contributed by atoms with Crippen LogP contribution < -0.4 is 10.6 Å². The number of carbonyl (C=O) groups excluding carboxylic acids is 1. The van der Waals surface area contributed by atoms with Crippen LogP contribution in [0.1, 0.15) is 38.3 Å². The van der Waals surface area contributed by atoms with Gasteiger partial charge in [0.15, 0.2) is 0 Å².